The van der Waals surface area contributed by atoms with Gasteiger partial charge in [-0.1, -0.05) is 13.0 Å². The van der Waals surface area contributed by atoms with Gasteiger partial charge < -0.3 is 20.1 Å². The molecule has 0 atom stereocenters. The molecule has 5 heteroatoms. The van der Waals surface area contributed by atoms with Gasteiger partial charge in [-0.05, 0) is 12.6 Å². The summed E-state index contributed by atoms with van der Waals surface area (Å²) in [6, 6.07) is 4.03. The first-order valence-electron chi connectivity index (χ1n) is 7.30. The van der Waals surface area contributed by atoms with Crippen LogP contribution >= 0.6 is 0 Å². The van der Waals surface area contributed by atoms with Crippen LogP contribution in [0.25, 0.3) is 0 Å². The zero-order valence-electron chi connectivity index (χ0n) is 12.4. The Bertz CT molecular complexity index is 419. The quantitative estimate of drug-likeness (QED) is 0.818. The number of aromatic nitrogens is 1. The van der Waals surface area contributed by atoms with Gasteiger partial charge >= 0.3 is 0 Å². The number of anilines is 1. The maximum Gasteiger partial charge on any atom is 0.132 e. The summed E-state index contributed by atoms with van der Waals surface area (Å²) < 4.78 is 5.32. The van der Waals surface area contributed by atoms with E-state index < -0.39 is 5.60 Å². The fourth-order valence-electron chi connectivity index (χ4n) is 2.60. The molecular weight excluding hydrogens is 254 g/mol. The Labute approximate surface area is 121 Å². The molecule has 1 aliphatic rings. The van der Waals surface area contributed by atoms with Gasteiger partial charge in [-0.15, -0.1) is 0 Å². The smallest absolute Gasteiger partial charge is 0.132 e. The molecule has 1 aliphatic heterocycles. The molecule has 0 radical (unpaired) electrons. The van der Waals surface area contributed by atoms with Gasteiger partial charge in [-0.2, -0.15) is 0 Å². The molecule has 0 aliphatic carbocycles. The van der Waals surface area contributed by atoms with Crippen molar-refractivity contribution in [3.8, 4) is 0 Å². The Morgan fingerprint density at radius 1 is 1.45 bits per heavy atom. The van der Waals surface area contributed by atoms with Gasteiger partial charge in [0.2, 0.25) is 0 Å². The minimum Gasteiger partial charge on any atom is -0.388 e. The van der Waals surface area contributed by atoms with Gasteiger partial charge in [0.15, 0.2) is 0 Å². The van der Waals surface area contributed by atoms with Crippen LogP contribution in [0.2, 0.25) is 0 Å². The number of nitrogens with one attached hydrogen (secondary N) is 1. The topological polar surface area (TPSA) is 57.6 Å². The SMILES string of the molecule is CCNCc1cccnc1N(C)CC1(O)CCOCC1. The van der Waals surface area contributed by atoms with Gasteiger partial charge in [0.1, 0.15) is 5.82 Å². The number of nitrogens with zero attached hydrogens (tertiary/aromatic N) is 2. The highest BCUT2D eigenvalue weighted by Gasteiger charge is 2.31. The summed E-state index contributed by atoms with van der Waals surface area (Å²) in [5.41, 5.74) is 0.493. The summed E-state index contributed by atoms with van der Waals surface area (Å²) >= 11 is 0. The first-order valence-corrected chi connectivity index (χ1v) is 7.30. The van der Waals surface area contributed by atoms with E-state index in [1.807, 2.05) is 13.1 Å². The molecule has 1 fully saturated rings. The highest BCUT2D eigenvalue weighted by molar-refractivity contribution is 5.46. The van der Waals surface area contributed by atoms with Crippen LogP contribution in [0.15, 0.2) is 18.3 Å². The van der Waals surface area contributed by atoms with Crippen LogP contribution in [-0.2, 0) is 11.3 Å². The van der Waals surface area contributed by atoms with E-state index >= 15 is 0 Å². The van der Waals surface area contributed by atoms with Gasteiger partial charge in [0.25, 0.3) is 0 Å². The standard InChI is InChI=1S/C15H25N3O2/c1-3-16-11-13-5-4-8-17-14(13)18(2)12-15(19)6-9-20-10-7-15/h4-5,8,16,19H,3,6-7,9-12H2,1-2H3. The van der Waals surface area contributed by atoms with E-state index in [1.54, 1.807) is 6.20 Å². The van der Waals surface area contributed by atoms with Crippen molar-refractivity contribution in [2.24, 2.45) is 0 Å². The minimum absolute atomic E-state index is 0.590. The van der Waals surface area contributed by atoms with Crippen LogP contribution in [-0.4, -0.2) is 49.0 Å². The summed E-state index contributed by atoms with van der Waals surface area (Å²) in [6.45, 7) is 5.68. The zero-order valence-corrected chi connectivity index (χ0v) is 12.4. The van der Waals surface area contributed by atoms with Crippen LogP contribution in [0, 0.1) is 0 Å². The second-order valence-corrected chi connectivity index (χ2v) is 5.46. The van der Waals surface area contributed by atoms with Crippen LogP contribution in [0.4, 0.5) is 5.82 Å². The molecule has 0 unspecified atom stereocenters. The Morgan fingerprint density at radius 2 is 2.20 bits per heavy atom. The molecule has 2 rings (SSSR count). The van der Waals surface area contributed by atoms with Crippen molar-refractivity contribution in [2.75, 3.05) is 38.3 Å². The molecule has 1 saturated heterocycles. The van der Waals surface area contributed by atoms with Gasteiger partial charge in [0.05, 0.1) is 5.60 Å². The lowest BCUT2D eigenvalue weighted by Gasteiger charge is -2.36. The lowest BCUT2D eigenvalue weighted by molar-refractivity contribution is -0.0573. The van der Waals surface area contributed by atoms with Gasteiger partial charge in [-0.3, -0.25) is 0 Å². The average Bonchev–Trinajstić information content (AvgIpc) is 2.45. The highest BCUT2D eigenvalue weighted by atomic mass is 16.5. The number of likely N-dealkylation sites (N-methyl/N-ethyl adjacent to an activating group) is 1. The monoisotopic (exact) mass is 279 g/mol. The summed E-state index contributed by atoms with van der Waals surface area (Å²) in [6.07, 6.45) is 3.18. The van der Waals surface area contributed by atoms with E-state index in [0.717, 1.165) is 24.5 Å². The van der Waals surface area contributed by atoms with E-state index in [-0.39, 0.29) is 0 Å². The molecule has 2 heterocycles. The van der Waals surface area contributed by atoms with Crippen LogP contribution < -0.4 is 10.2 Å². The van der Waals surface area contributed by atoms with Crippen molar-refractivity contribution >= 4 is 5.82 Å². The second kappa shape index (κ2) is 7.02. The summed E-state index contributed by atoms with van der Waals surface area (Å²) in [7, 11) is 1.99. The van der Waals surface area contributed by atoms with E-state index in [1.165, 1.54) is 0 Å². The normalized spacial score (nSPS) is 17.9. The van der Waals surface area contributed by atoms with Crippen molar-refractivity contribution in [1.82, 2.24) is 10.3 Å². The average molecular weight is 279 g/mol. The molecule has 5 nitrogen and oxygen atoms in total. The van der Waals surface area contributed by atoms with E-state index in [9.17, 15) is 5.11 Å². The Balaban J connectivity index is 2.06. The fourth-order valence-corrected chi connectivity index (χ4v) is 2.60. The molecular formula is C15H25N3O2. The van der Waals surface area contributed by atoms with Crippen LogP contribution in [0.3, 0.4) is 0 Å². The molecule has 0 bridgehead atoms. The third kappa shape index (κ3) is 3.91. The lowest BCUT2D eigenvalue weighted by atomic mass is 9.94. The number of aliphatic hydroxyl groups is 1. The van der Waals surface area contributed by atoms with Crippen molar-refractivity contribution < 1.29 is 9.84 Å². The second-order valence-electron chi connectivity index (χ2n) is 5.46. The molecule has 1 aromatic heterocycles. The molecule has 0 spiro atoms. The zero-order chi connectivity index (χ0) is 14.4. The Morgan fingerprint density at radius 3 is 2.90 bits per heavy atom. The molecule has 0 amide bonds. The molecule has 2 N–H and O–H groups in total. The van der Waals surface area contributed by atoms with Gasteiger partial charge in [0, 0.05) is 58.0 Å². The van der Waals surface area contributed by atoms with Crippen LogP contribution in [0.1, 0.15) is 25.3 Å². The predicted molar refractivity (Wildman–Crippen MR) is 79.9 cm³/mol. The van der Waals surface area contributed by atoms with E-state index in [0.29, 0.717) is 32.6 Å². The maximum absolute atomic E-state index is 10.6. The van der Waals surface area contributed by atoms with Crippen LogP contribution in [0.5, 0.6) is 0 Å². The van der Waals surface area contributed by atoms with E-state index in [2.05, 4.69) is 28.2 Å². The molecule has 112 valence electrons. The number of hydrogen-bond acceptors (Lipinski definition) is 5. The largest absolute Gasteiger partial charge is 0.388 e. The third-order valence-electron chi connectivity index (χ3n) is 3.75. The maximum atomic E-state index is 10.6. The van der Waals surface area contributed by atoms with Gasteiger partial charge in [-0.25, -0.2) is 4.98 Å². The summed E-state index contributed by atoms with van der Waals surface area (Å²) in [4.78, 5) is 6.53. The van der Waals surface area contributed by atoms with Crippen molar-refractivity contribution in [1.29, 1.82) is 0 Å². The Kier molecular flexibility index (Phi) is 5.34. The molecule has 20 heavy (non-hydrogen) atoms. The lowest BCUT2D eigenvalue weighted by Crippen LogP contribution is -2.46. The van der Waals surface area contributed by atoms with Crippen molar-refractivity contribution in [2.45, 2.75) is 31.9 Å². The number of rotatable bonds is 6. The third-order valence-corrected chi connectivity index (χ3v) is 3.75. The van der Waals surface area contributed by atoms with Crippen molar-refractivity contribution in [3.05, 3.63) is 23.9 Å². The number of pyridine rings is 1. The first-order chi connectivity index (χ1) is 9.64. The Hall–Kier alpha value is -1.17. The highest BCUT2D eigenvalue weighted by Crippen LogP contribution is 2.24. The fraction of sp³-hybridized carbons (Fsp3) is 0.667. The number of hydrogen-bond donors (Lipinski definition) is 2. The van der Waals surface area contributed by atoms with Crippen molar-refractivity contribution in [3.63, 3.8) is 0 Å². The predicted octanol–water partition coefficient (Wildman–Crippen LogP) is 1.17. The van der Waals surface area contributed by atoms with E-state index in [4.69, 9.17) is 4.74 Å². The summed E-state index contributed by atoms with van der Waals surface area (Å²) in [5.74, 6) is 0.938. The molecule has 0 saturated carbocycles. The minimum atomic E-state index is -0.667. The molecule has 1 aromatic rings. The molecule has 0 aromatic carbocycles. The summed E-state index contributed by atoms with van der Waals surface area (Å²) in [5, 5.41) is 13.9. The first kappa shape index (κ1) is 15.2. The number of ether oxygens (including phenoxy) is 1.